The summed E-state index contributed by atoms with van der Waals surface area (Å²) in [5.74, 6) is -0.305. The van der Waals surface area contributed by atoms with Gasteiger partial charge in [0.1, 0.15) is 5.82 Å². The van der Waals surface area contributed by atoms with Gasteiger partial charge in [-0.3, -0.25) is 0 Å². The molecule has 1 aliphatic rings. The van der Waals surface area contributed by atoms with E-state index >= 15 is 0 Å². The first-order chi connectivity index (χ1) is 14.5. The van der Waals surface area contributed by atoms with E-state index in [2.05, 4.69) is 11.2 Å². The minimum Gasteiger partial charge on any atom is -0.463 e. The molecule has 30 heavy (non-hydrogen) atoms. The Morgan fingerprint density at radius 3 is 2.60 bits per heavy atom. The SMILES string of the molecule is CCOC(=O)CO/N=C(\C)c1ccc(Sc2cc(F)cc(C3CCOCC3)c2)cc1. The molecule has 3 rings (SSSR count). The molecule has 2 aromatic carbocycles. The number of benzene rings is 2. The maximum Gasteiger partial charge on any atom is 0.347 e. The number of ether oxygens (including phenoxy) is 2. The van der Waals surface area contributed by atoms with Gasteiger partial charge >= 0.3 is 5.97 Å². The lowest BCUT2D eigenvalue weighted by Gasteiger charge is -2.22. The molecule has 0 aliphatic carbocycles. The second kappa shape index (κ2) is 11.1. The van der Waals surface area contributed by atoms with E-state index in [-0.39, 0.29) is 12.4 Å². The standard InChI is InChI=1S/C23H26FNO4S/c1-3-28-23(26)15-29-25-16(2)17-4-6-21(7-5-17)30-22-13-19(12-20(24)14-22)18-8-10-27-11-9-18/h4-7,12-14,18H,3,8-11,15H2,1-2H3/b25-16+. The summed E-state index contributed by atoms with van der Waals surface area (Å²) in [6.45, 7) is 5.10. The molecule has 0 N–H and O–H groups in total. The Morgan fingerprint density at radius 1 is 1.17 bits per heavy atom. The highest BCUT2D eigenvalue weighted by Gasteiger charge is 2.17. The van der Waals surface area contributed by atoms with Gasteiger partial charge in [-0.2, -0.15) is 0 Å². The first-order valence-electron chi connectivity index (χ1n) is 10.0. The van der Waals surface area contributed by atoms with Crippen molar-refractivity contribution in [3.63, 3.8) is 0 Å². The van der Waals surface area contributed by atoms with Gasteiger partial charge in [-0.1, -0.05) is 29.1 Å². The van der Waals surface area contributed by atoms with Crippen LogP contribution < -0.4 is 0 Å². The number of esters is 1. The molecule has 0 radical (unpaired) electrons. The average molecular weight is 432 g/mol. The van der Waals surface area contributed by atoms with Crippen LogP contribution >= 0.6 is 11.8 Å². The molecule has 0 spiro atoms. The zero-order valence-electron chi connectivity index (χ0n) is 17.2. The van der Waals surface area contributed by atoms with Gasteiger partial charge in [0, 0.05) is 23.0 Å². The molecule has 1 aliphatic heterocycles. The summed E-state index contributed by atoms with van der Waals surface area (Å²) in [6.07, 6.45) is 1.86. The molecule has 0 atom stereocenters. The van der Waals surface area contributed by atoms with Crippen molar-refractivity contribution < 1.29 is 23.5 Å². The summed E-state index contributed by atoms with van der Waals surface area (Å²) in [6, 6.07) is 13.1. The van der Waals surface area contributed by atoms with E-state index in [0.717, 1.165) is 47.0 Å². The monoisotopic (exact) mass is 431 g/mol. The lowest BCUT2D eigenvalue weighted by Crippen LogP contribution is -2.14. The number of hydrogen-bond acceptors (Lipinski definition) is 6. The average Bonchev–Trinajstić information content (AvgIpc) is 2.74. The Hall–Kier alpha value is -2.38. The van der Waals surface area contributed by atoms with Gasteiger partial charge in [-0.05, 0) is 74.1 Å². The normalized spacial score (nSPS) is 15.1. The van der Waals surface area contributed by atoms with Crippen molar-refractivity contribution in [2.45, 2.75) is 42.4 Å². The largest absolute Gasteiger partial charge is 0.463 e. The summed E-state index contributed by atoms with van der Waals surface area (Å²) < 4.78 is 24.4. The first-order valence-corrected chi connectivity index (χ1v) is 10.9. The molecule has 1 fully saturated rings. The third-order valence-corrected chi connectivity index (χ3v) is 5.76. The van der Waals surface area contributed by atoms with Crippen LogP contribution in [0.4, 0.5) is 4.39 Å². The minimum absolute atomic E-state index is 0.208. The third kappa shape index (κ3) is 6.57. The van der Waals surface area contributed by atoms with E-state index in [0.29, 0.717) is 18.2 Å². The third-order valence-electron chi connectivity index (χ3n) is 4.78. The first kappa shape index (κ1) is 22.3. The molecule has 1 saturated heterocycles. The maximum absolute atomic E-state index is 14.2. The van der Waals surface area contributed by atoms with Gasteiger partial charge in [0.25, 0.3) is 0 Å². The van der Waals surface area contributed by atoms with E-state index < -0.39 is 5.97 Å². The van der Waals surface area contributed by atoms with E-state index in [1.165, 1.54) is 11.8 Å². The Kier molecular flexibility index (Phi) is 8.28. The molecule has 0 amide bonds. The molecule has 160 valence electrons. The Morgan fingerprint density at radius 2 is 1.90 bits per heavy atom. The van der Waals surface area contributed by atoms with Gasteiger partial charge in [-0.25, -0.2) is 9.18 Å². The van der Waals surface area contributed by atoms with Crippen molar-refractivity contribution in [3.8, 4) is 0 Å². The van der Waals surface area contributed by atoms with Gasteiger partial charge in [0.15, 0.2) is 0 Å². The highest BCUT2D eigenvalue weighted by Crippen LogP contribution is 2.34. The number of hydrogen-bond donors (Lipinski definition) is 0. The molecule has 2 aromatic rings. The number of halogens is 1. The van der Waals surface area contributed by atoms with Crippen molar-refractivity contribution in [2.24, 2.45) is 5.16 Å². The lowest BCUT2D eigenvalue weighted by molar-refractivity contribution is -0.148. The summed E-state index contributed by atoms with van der Waals surface area (Å²) in [5, 5.41) is 3.95. The fraction of sp³-hybridized carbons (Fsp3) is 0.391. The quantitative estimate of drug-likeness (QED) is 0.328. The Bertz CT molecular complexity index is 879. The predicted molar refractivity (Wildman–Crippen MR) is 115 cm³/mol. The number of carbonyl (C=O) groups is 1. The van der Waals surface area contributed by atoms with Gasteiger partial charge in [0.2, 0.25) is 6.61 Å². The fourth-order valence-electron chi connectivity index (χ4n) is 3.25. The smallest absolute Gasteiger partial charge is 0.347 e. The number of oxime groups is 1. The van der Waals surface area contributed by atoms with Crippen molar-refractivity contribution in [3.05, 3.63) is 59.4 Å². The number of carbonyl (C=O) groups excluding carboxylic acids is 1. The van der Waals surface area contributed by atoms with Gasteiger partial charge < -0.3 is 14.3 Å². The highest BCUT2D eigenvalue weighted by molar-refractivity contribution is 7.99. The van der Waals surface area contributed by atoms with Crippen LogP contribution in [0.25, 0.3) is 0 Å². The zero-order valence-corrected chi connectivity index (χ0v) is 18.0. The van der Waals surface area contributed by atoms with E-state index in [1.54, 1.807) is 26.0 Å². The Balaban J connectivity index is 1.62. The molecule has 0 saturated carbocycles. The van der Waals surface area contributed by atoms with Crippen LogP contribution in [-0.4, -0.2) is 38.1 Å². The molecule has 1 heterocycles. The fourth-order valence-corrected chi connectivity index (χ4v) is 4.16. The predicted octanol–water partition coefficient (Wildman–Crippen LogP) is 5.17. The maximum atomic E-state index is 14.2. The topological polar surface area (TPSA) is 57.1 Å². The van der Waals surface area contributed by atoms with E-state index in [1.807, 2.05) is 24.3 Å². The van der Waals surface area contributed by atoms with Crippen molar-refractivity contribution in [1.29, 1.82) is 0 Å². The summed E-state index contributed by atoms with van der Waals surface area (Å²) in [5.41, 5.74) is 2.58. The van der Waals surface area contributed by atoms with Crippen LogP contribution in [-0.2, 0) is 19.1 Å². The highest BCUT2D eigenvalue weighted by atomic mass is 32.2. The summed E-state index contributed by atoms with van der Waals surface area (Å²) in [4.78, 5) is 18.2. The van der Waals surface area contributed by atoms with E-state index in [9.17, 15) is 9.18 Å². The summed E-state index contributed by atoms with van der Waals surface area (Å²) >= 11 is 1.52. The molecule has 0 unspecified atom stereocenters. The van der Waals surface area contributed by atoms with E-state index in [4.69, 9.17) is 14.3 Å². The second-order valence-corrected chi connectivity index (χ2v) is 8.14. The van der Waals surface area contributed by atoms with Gasteiger partial charge in [-0.15, -0.1) is 0 Å². The van der Waals surface area contributed by atoms with Crippen molar-refractivity contribution >= 4 is 23.4 Å². The Labute approximate surface area is 180 Å². The summed E-state index contributed by atoms with van der Waals surface area (Å²) in [7, 11) is 0. The van der Waals surface area contributed by atoms with Crippen LogP contribution in [0, 0.1) is 5.82 Å². The van der Waals surface area contributed by atoms with Crippen LogP contribution in [0.5, 0.6) is 0 Å². The molecule has 0 aromatic heterocycles. The van der Waals surface area contributed by atoms with Crippen molar-refractivity contribution in [1.82, 2.24) is 0 Å². The van der Waals surface area contributed by atoms with Crippen molar-refractivity contribution in [2.75, 3.05) is 26.4 Å². The van der Waals surface area contributed by atoms with Crippen LogP contribution in [0.15, 0.2) is 57.4 Å². The van der Waals surface area contributed by atoms with Crippen LogP contribution in [0.3, 0.4) is 0 Å². The number of rotatable bonds is 8. The number of nitrogens with zero attached hydrogens (tertiary/aromatic N) is 1. The second-order valence-electron chi connectivity index (χ2n) is 6.99. The molecule has 7 heteroatoms. The molecule has 5 nitrogen and oxygen atoms in total. The van der Waals surface area contributed by atoms with Crippen LogP contribution in [0.2, 0.25) is 0 Å². The molecular weight excluding hydrogens is 405 g/mol. The molecule has 0 bridgehead atoms. The minimum atomic E-state index is -0.448. The van der Waals surface area contributed by atoms with Crippen LogP contribution in [0.1, 0.15) is 43.7 Å². The zero-order chi connectivity index (χ0) is 21.3. The van der Waals surface area contributed by atoms with Gasteiger partial charge in [0.05, 0.1) is 12.3 Å². The lowest BCUT2D eigenvalue weighted by atomic mass is 9.92. The molecular formula is C23H26FNO4S.